The number of benzene rings is 1. The van der Waals surface area contributed by atoms with Crippen LogP contribution in [0.3, 0.4) is 0 Å². The maximum atomic E-state index is 14.1. The predicted molar refractivity (Wildman–Crippen MR) is 77.6 cm³/mol. The zero-order chi connectivity index (χ0) is 14.8. The third-order valence-corrected chi connectivity index (χ3v) is 4.16. The molecule has 0 radical (unpaired) electrons. The fraction of sp³-hybridized carbons (Fsp3) is 0.500. The highest BCUT2D eigenvalue weighted by atomic mass is 79.9. The molecule has 20 heavy (non-hydrogen) atoms. The summed E-state index contributed by atoms with van der Waals surface area (Å²) < 4.78 is 20.2. The minimum atomic E-state index is -1.25. The monoisotopic (exact) mass is 344 g/mol. The molecule has 0 spiro atoms. The first-order valence-electron chi connectivity index (χ1n) is 6.55. The fourth-order valence-electron chi connectivity index (χ4n) is 2.33. The van der Waals surface area contributed by atoms with Crippen LogP contribution in [0, 0.1) is 5.82 Å². The first kappa shape index (κ1) is 15.4. The third-order valence-electron chi connectivity index (χ3n) is 3.67. The van der Waals surface area contributed by atoms with Crippen LogP contribution in [0.4, 0.5) is 4.39 Å². The van der Waals surface area contributed by atoms with E-state index in [9.17, 15) is 9.18 Å². The highest BCUT2D eigenvalue weighted by molar-refractivity contribution is 9.10. The van der Waals surface area contributed by atoms with Crippen molar-refractivity contribution in [1.29, 1.82) is 0 Å². The van der Waals surface area contributed by atoms with Crippen molar-refractivity contribution in [2.45, 2.75) is 31.4 Å². The van der Waals surface area contributed by atoms with E-state index in [4.69, 9.17) is 10.5 Å². The first-order chi connectivity index (χ1) is 9.43. The van der Waals surface area contributed by atoms with E-state index < -0.39 is 17.3 Å². The number of ether oxygens (including phenoxy) is 1. The van der Waals surface area contributed by atoms with E-state index in [1.165, 1.54) is 6.07 Å². The molecule has 1 fully saturated rings. The summed E-state index contributed by atoms with van der Waals surface area (Å²) in [6.45, 7) is 2.79. The molecule has 4 nitrogen and oxygen atoms in total. The second kappa shape index (κ2) is 6.20. The summed E-state index contributed by atoms with van der Waals surface area (Å²) in [4.78, 5) is 11.8. The van der Waals surface area contributed by atoms with Crippen LogP contribution in [0.15, 0.2) is 22.7 Å². The Bertz CT molecular complexity index is 506. The first-order valence-corrected chi connectivity index (χ1v) is 7.35. The molecule has 1 saturated heterocycles. The van der Waals surface area contributed by atoms with Gasteiger partial charge in [0.1, 0.15) is 11.4 Å². The fourth-order valence-corrected chi connectivity index (χ4v) is 2.67. The molecule has 1 amide bonds. The van der Waals surface area contributed by atoms with Crippen LogP contribution in [-0.4, -0.2) is 25.2 Å². The second-order valence-corrected chi connectivity index (χ2v) is 6.05. The summed E-state index contributed by atoms with van der Waals surface area (Å²) in [6, 6.07) is 4.57. The third kappa shape index (κ3) is 3.19. The molecule has 0 bridgehead atoms. The molecule has 0 saturated carbocycles. The summed E-state index contributed by atoms with van der Waals surface area (Å²) in [5.74, 6) is -1.09. The number of nitrogens with two attached hydrogens (primary N) is 1. The second-order valence-electron chi connectivity index (χ2n) is 5.13. The van der Waals surface area contributed by atoms with E-state index in [0.717, 1.165) is 19.4 Å². The zero-order valence-electron chi connectivity index (χ0n) is 11.3. The highest BCUT2D eigenvalue weighted by Crippen LogP contribution is 2.26. The lowest BCUT2D eigenvalue weighted by molar-refractivity contribution is -0.124. The van der Waals surface area contributed by atoms with Crippen LogP contribution in [0.2, 0.25) is 0 Å². The van der Waals surface area contributed by atoms with Crippen molar-refractivity contribution in [3.8, 4) is 0 Å². The van der Waals surface area contributed by atoms with Crippen LogP contribution in [0.1, 0.15) is 25.3 Å². The van der Waals surface area contributed by atoms with Crippen LogP contribution in [0.25, 0.3) is 0 Å². The van der Waals surface area contributed by atoms with Gasteiger partial charge in [-0.25, -0.2) is 4.39 Å². The van der Waals surface area contributed by atoms with Gasteiger partial charge in [-0.2, -0.15) is 0 Å². The van der Waals surface area contributed by atoms with Crippen LogP contribution >= 0.6 is 15.9 Å². The van der Waals surface area contributed by atoms with Crippen molar-refractivity contribution in [3.63, 3.8) is 0 Å². The zero-order valence-corrected chi connectivity index (χ0v) is 12.9. The van der Waals surface area contributed by atoms with E-state index >= 15 is 0 Å². The minimum Gasteiger partial charge on any atom is -0.377 e. The smallest absolute Gasteiger partial charge is 0.242 e. The van der Waals surface area contributed by atoms with Crippen LogP contribution in [0.5, 0.6) is 0 Å². The molecular weight excluding hydrogens is 327 g/mol. The molecule has 2 atom stereocenters. The molecule has 0 aliphatic carbocycles. The number of hydrogen-bond donors (Lipinski definition) is 2. The van der Waals surface area contributed by atoms with Gasteiger partial charge in [0, 0.05) is 23.2 Å². The Labute approximate surface area is 126 Å². The van der Waals surface area contributed by atoms with E-state index in [-0.39, 0.29) is 11.7 Å². The maximum Gasteiger partial charge on any atom is 0.242 e. The van der Waals surface area contributed by atoms with Crippen molar-refractivity contribution in [3.05, 3.63) is 34.1 Å². The van der Waals surface area contributed by atoms with E-state index in [1.54, 1.807) is 19.1 Å². The lowest BCUT2D eigenvalue weighted by atomic mass is 9.90. The quantitative estimate of drug-likeness (QED) is 0.859. The average molecular weight is 345 g/mol. The van der Waals surface area contributed by atoms with Gasteiger partial charge >= 0.3 is 0 Å². The Hall–Kier alpha value is -0.980. The van der Waals surface area contributed by atoms with Crippen LogP contribution in [-0.2, 0) is 15.1 Å². The van der Waals surface area contributed by atoms with E-state index in [1.807, 2.05) is 0 Å². The Morgan fingerprint density at radius 1 is 1.65 bits per heavy atom. The normalized spacial score (nSPS) is 21.6. The molecule has 1 aliphatic heterocycles. The van der Waals surface area contributed by atoms with Crippen molar-refractivity contribution in [2.24, 2.45) is 5.73 Å². The van der Waals surface area contributed by atoms with Gasteiger partial charge in [0.05, 0.1) is 6.10 Å². The molecular formula is C14H18BrFN2O2. The molecule has 2 unspecified atom stereocenters. The lowest BCUT2D eigenvalue weighted by Crippen LogP contribution is -2.52. The number of hydrogen-bond acceptors (Lipinski definition) is 3. The summed E-state index contributed by atoms with van der Waals surface area (Å²) in [7, 11) is 0. The van der Waals surface area contributed by atoms with Gasteiger partial charge in [0.25, 0.3) is 0 Å². The molecule has 1 aromatic rings. The maximum absolute atomic E-state index is 14.1. The standard InChI is InChI=1S/C14H18BrFN2O2/c1-14(13(17)19,18-8-10-3-2-6-20-10)11-5-4-9(15)7-12(11)16/h4-5,7,10,18H,2-3,6,8H2,1H3,(H2,17,19). The van der Waals surface area contributed by atoms with Gasteiger partial charge in [-0.3, -0.25) is 10.1 Å². The largest absolute Gasteiger partial charge is 0.377 e. The average Bonchev–Trinajstić information content (AvgIpc) is 2.88. The number of carbonyl (C=O) groups is 1. The molecule has 1 aromatic carbocycles. The van der Waals surface area contributed by atoms with Gasteiger partial charge in [-0.05, 0) is 31.9 Å². The Balaban J connectivity index is 2.21. The highest BCUT2D eigenvalue weighted by Gasteiger charge is 2.36. The Morgan fingerprint density at radius 2 is 2.40 bits per heavy atom. The van der Waals surface area contributed by atoms with Gasteiger partial charge in [0.2, 0.25) is 5.91 Å². The number of nitrogens with one attached hydrogen (secondary N) is 1. The van der Waals surface area contributed by atoms with Gasteiger partial charge in [-0.15, -0.1) is 0 Å². The molecule has 1 aliphatic rings. The number of amides is 1. The topological polar surface area (TPSA) is 64.3 Å². The number of halogens is 2. The lowest BCUT2D eigenvalue weighted by Gasteiger charge is -2.29. The summed E-state index contributed by atoms with van der Waals surface area (Å²) in [5, 5.41) is 3.06. The summed E-state index contributed by atoms with van der Waals surface area (Å²) >= 11 is 3.20. The van der Waals surface area contributed by atoms with Crippen LogP contribution < -0.4 is 11.1 Å². The summed E-state index contributed by atoms with van der Waals surface area (Å²) in [6.07, 6.45) is 1.99. The molecule has 0 aromatic heterocycles. The van der Waals surface area contributed by atoms with Crippen molar-refractivity contribution in [1.82, 2.24) is 5.32 Å². The van der Waals surface area contributed by atoms with E-state index in [2.05, 4.69) is 21.2 Å². The number of primary amides is 1. The van der Waals surface area contributed by atoms with Gasteiger partial charge in [-0.1, -0.05) is 22.0 Å². The molecule has 2 rings (SSSR count). The molecule has 110 valence electrons. The van der Waals surface area contributed by atoms with E-state index in [0.29, 0.717) is 11.0 Å². The molecule has 6 heteroatoms. The van der Waals surface area contributed by atoms with Crippen molar-refractivity contribution >= 4 is 21.8 Å². The number of carbonyl (C=O) groups excluding carboxylic acids is 1. The van der Waals surface area contributed by atoms with Crippen molar-refractivity contribution in [2.75, 3.05) is 13.2 Å². The summed E-state index contributed by atoms with van der Waals surface area (Å²) in [5.41, 5.74) is 4.46. The van der Waals surface area contributed by atoms with Gasteiger partial charge in [0.15, 0.2) is 0 Å². The van der Waals surface area contributed by atoms with Gasteiger partial charge < -0.3 is 10.5 Å². The SMILES string of the molecule is CC(NCC1CCCO1)(C(N)=O)c1ccc(Br)cc1F. The molecule has 1 heterocycles. The minimum absolute atomic E-state index is 0.0483. The predicted octanol–water partition coefficient (Wildman–Crippen LogP) is 2.06. The number of rotatable bonds is 5. The molecule has 3 N–H and O–H groups in total. The van der Waals surface area contributed by atoms with Crippen molar-refractivity contribution < 1.29 is 13.9 Å². The Kier molecular flexibility index (Phi) is 4.78. The Morgan fingerprint density at radius 3 is 2.95 bits per heavy atom.